The van der Waals surface area contributed by atoms with Gasteiger partial charge in [-0.15, -0.1) is 0 Å². The summed E-state index contributed by atoms with van der Waals surface area (Å²) in [6, 6.07) is 0. The van der Waals surface area contributed by atoms with Gasteiger partial charge in [0.25, 0.3) is 0 Å². The molecular weight excluding hydrogens is 210 g/mol. The zero-order valence-electron chi connectivity index (χ0n) is 11.7. The predicted octanol–water partition coefficient (Wildman–Crippen LogP) is 2.62. The molecule has 1 heterocycles. The van der Waals surface area contributed by atoms with Gasteiger partial charge < -0.3 is 9.88 Å². The molecule has 0 bridgehead atoms. The minimum absolute atomic E-state index is 0.736. The van der Waals surface area contributed by atoms with Gasteiger partial charge >= 0.3 is 0 Å². The third-order valence-corrected chi connectivity index (χ3v) is 3.44. The molecule has 0 amide bonds. The first kappa shape index (κ1) is 14.2. The van der Waals surface area contributed by atoms with Gasteiger partial charge in [0.05, 0.1) is 0 Å². The Morgan fingerprint density at radius 3 is 2.71 bits per heavy atom. The van der Waals surface area contributed by atoms with E-state index in [2.05, 4.69) is 42.7 Å². The SMILES string of the molecule is CCCNCC(CCc1nccn1C)C(C)C. The molecule has 1 atom stereocenters. The average Bonchev–Trinajstić information content (AvgIpc) is 2.69. The normalized spacial score (nSPS) is 13.2. The molecule has 3 heteroatoms. The molecule has 1 aromatic heterocycles. The lowest BCUT2D eigenvalue weighted by Gasteiger charge is -2.21. The second kappa shape index (κ2) is 7.49. The van der Waals surface area contributed by atoms with E-state index < -0.39 is 0 Å². The number of nitrogens with zero attached hydrogens (tertiary/aromatic N) is 2. The van der Waals surface area contributed by atoms with E-state index in [9.17, 15) is 0 Å². The second-order valence-electron chi connectivity index (χ2n) is 5.20. The molecule has 0 saturated heterocycles. The van der Waals surface area contributed by atoms with Crippen molar-refractivity contribution < 1.29 is 0 Å². The molecule has 1 unspecified atom stereocenters. The van der Waals surface area contributed by atoms with E-state index in [1.807, 2.05) is 12.4 Å². The highest BCUT2D eigenvalue weighted by Crippen LogP contribution is 2.16. The Bertz CT molecular complexity index is 304. The van der Waals surface area contributed by atoms with E-state index >= 15 is 0 Å². The van der Waals surface area contributed by atoms with Crippen LogP contribution in [-0.2, 0) is 13.5 Å². The molecule has 17 heavy (non-hydrogen) atoms. The van der Waals surface area contributed by atoms with Crippen molar-refractivity contribution in [2.75, 3.05) is 13.1 Å². The van der Waals surface area contributed by atoms with Gasteiger partial charge in [-0.05, 0) is 37.8 Å². The van der Waals surface area contributed by atoms with Crippen LogP contribution in [-0.4, -0.2) is 22.6 Å². The molecule has 0 spiro atoms. The summed E-state index contributed by atoms with van der Waals surface area (Å²) in [5.74, 6) is 2.68. The Labute approximate surface area is 106 Å². The molecular formula is C14H27N3. The van der Waals surface area contributed by atoms with Crippen molar-refractivity contribution in [1.82, 2.24) is 14.9 Å². The molecule has 0 radical (unpaired) electrons. The molecule has 1 aromatic rings. The summed E-state index contributed by atoms with van der Waals surface area (Å²) in [5.41, 5.74) is 0. The van der Waals surface area contributed by atoms with Crippen LogP contribution in [0.15, 0.2) is 12.4 Å². The van der Waals surface area contributed by atoms with E-state index in [1.165, 1.54) is 18.7 Å². The largest absolute Gasteiger partial charge is 0.338 e. The summed E-state index contributed by atoms with van der Waals surface area (Å²) < 4.78 is 2.12. The average molecular weight is 237 g/mol. The molecule has 0 aromatic carbocycles. The summed E-state index contributed by atoms with van der Waals surface area (Å²) in [4.78, 5) is 4.39. The number of aromatic nitrogens is 2. The van der Waals surface area contributed by atoms with Crippen LogP contribution >= 0.6 is 0 Å². The number of imidazole rings is 1. The minimum atomic E-state index is 0.736. The zero-order valence-corrected chi connectivity index (χ0v) is 11.7. The van der Waals surface area contributed by atoms with Crippen LogP contribution in [0.3, 0.4) is 0 Å². The summed E-state index contributed by atoms with van der Waals surface area (Å²) in [6.07, 6.45) is 7.42. The number of hydrogen-bond acceptors (Lipinski definition) is 2. The smallest absolute Gasteiger partial charge is 0.108 e. The molecule has 98 valence electrons. The van der Waals surface area contributed by atoms with Crippen molar-refractivity contribution >= 4 is 0 Å². The van der Waals surface area contributed by atoms with Gasteiger partial charge in [0, 0.05) is 25.9 Å². The van der Waals surface area contributed by atoms with Crippen molar-refractivity contribution in [2.24, 2.45) is 18.9 Å². The highest BCUT2D eigenvalue weighted by molar-refractivity contribution is 4.91. The maximum absolute atomic E-state index is 4.39. The first-order chi connectivity index (χ1) is 8.15. The van der Waals surface area contributed by atoms with E-state index in [1.54, 1.807) is 0 Å². The van der Waals surface area contributed by atoms with Crippen LogP contribution in [0.1, 0.15) is 39.4 Å². The summed E-state index contributed by atoms with van der Waals surface area (Å²) in [5, 5.41) is 3.53. The van der Waals surface area contributed by atoms with Crippen LogP contribution in [0, 0.1) is 11.8 Å². The number of nitrogens with one attached hydrogen (secondary N) is 1. The maximum atomic E-state index is 4.39. The summed E-state index contributed by atoms with van der Waals surface area (Å²) in [6.45, 7) is 9.11. The molecule has 3 nitrogen and oxygen atoms in total. The van der Waals surface area contributed by atoms with Gasteiger partial charge in [-0.25, -0.2) is 4.98 Å². The fourth-order valence-electron chi connectivity index (χ4n) is 2.09. The summed E-state index contributed by atoms with van der Waals surface area (Å²) >= 11 is 0. The Balaban J connectivity index is 2.36. The Morgan fingerprint density at radius 1 is 1.41 bits per heavy atom. The van der Waals surface area contributed by atoms with E-state index in [-0.39, 0.29) is 0 Å². The van der Waals surface area contributed by atoms with Crippen LogP contribution in [0.4, 0.5) is 0 Å². The van der Waals surface area contributed by atoms with Gasteiger partial charge in [0.15, 0.2) is 0 Å². The third kappa shape index (κ3) is 4.90. The number of hydrogen-bond donors (Lipinski definition) is 1. The van der Waals surface area contributed by atoms with Crippen LogP contribution < -0.4 is 5.32 Å². The Hall–Kier alpha value is -0.830. The highest BCUT2D eigenvalue weighted by Gasteiger charge is 2.13. The van der Waals surface area contributed by atoms with Crippen molar-refractivity contribution in [3.05, 3.63) is 18.2 Å². The topological polar surface area (TPSA) is 29.9 Å². The fraction of sp³-hybridized carbons (Fsp3) is 0.786. The lowest BCUT2D eigenvalue weighted by molar-refractivity contribution is 0.338. The van der Waals surface area contributed by atoms with Gasteiger partial charge in [-0.2, -0.15) is 0 Å². The van der Waals surface area contributed by atoms with E-state index in [0.717, 1.165) is 31.3 Å². The third-order valence-electron chi connectivity index (χ3n) is 3.44. The van der Waals surface area contributed by atoms with Gasteiger partial charge in [0.2, 0.25) is 0 Å². The quantitative estimate of drug-likeness (QED) is 0.704. The Kier molecular flexibility index (Phi) is 6.27. The number of rotatable bonds is 8. The first-order valence-electron chi connectivity index (χ1n) is 6.82. The maximum Gasteiger partial charge on any atom is 0.108 e. The van der Waals surface area contributed by atoms with E-state index in [0.29, 0.717) is 0 Å². The molecule has 0 fully saturated rings. The van der Waals surface area contributed by atoms with Gasteiger partial charge in [-0.3, -0.25) is 0 Å². The molecule has 0 aliphatic rings. The van der Waals surface area contributed by atoms with Gasteiger partial charge in [0.1, 0.15) is 5.82 Å². The monoisotopic (exact) mass is 237 g/mol. The standard InChI is InChI=1S/C14H27N3/c1-5-8-15-11-13(12(2)3)6-7-14-16-9-10-17(14)4/h9-10,12-13,15H,5-8,11H2,1-4H3. The zero-order chi connectivity index (χ0) is 12.7. The fourth-order valence-corrected chi connectivity index (χ4v) is 2.09. The molecule has 1 N–H and O–H groups in total. The van der Waals surface area contributed by atoms with Crippen molar-refractivity contribution in [2.45, 2.75) is 40.0 Å². The van der Waals surface area contributed by atoms with Gasteiger partial charge in [-0.1, -0.05) is 20.8 Å². The summed E-state index contributed by atoms with van der Waals surface area (Å²) in [7, 11) is 2.07. The molecule has 0 aliphatic heterocycles. The lowest BCUT2D eigenvalue weighted by atomic mass is 9.91. The van der Waals surface area contributed by atoms with Crippen molar-refractivity contribution in [3.63, 3.8) is 0 Å². The second-order valence-corrected chi connectivity index (χ2v) is 5.20. The molecule has 0 saturated carbocycles. The first-order valence-corrected chi connectivity index (χ1v) is 6.82. The van der Waals surface area contributed by atoms with Crippen LogP contribution in [0.5, 0.6) is 0 Å². The predicted molar refractivity (Wildman–Crippen MR) is 73.0 cm³/mol. The molecule has 0 aliphatic carbocycles. The minimum Gasteiger partial charge on any atom is -0.338 e. The van der Waals surface area contributed by atoms with E-state index in [4.69, 9.17) is 0 Å². The number of aryl methyl sites for hydroxylation is 2. The van der Waals surface area contributed by atoms with Crippen LogP contribution in [0.2, 0.25) is 0 Å². The molecule has 1 rings (SSSR count). The lowest BCUT2D eigenvalue weighted by Crippen LogP contribution is -2.27. The van der Waals surface area contributed by atoms with Crippen molar-refractivity contribution in [3.8, 4) is 0 Å². The van der Waals surface area contributed by atoms with Crippen LogP contribution in [0.25, 0.3) is 0 Å². The highest BCUT2D eigenvalue weighted by atomic mass is 15.0. The Morgan fingerprint density at radius 2 is 2.18 bits per heavy atom. The van der Waals surface area contributed by atoms with Crippen molar-refractivity contribution in [1.29, 1.82) is 0 Å².